The van der Waals surface area contributed by atoms with E-state index in [1.807, 2.05) is 0 Å². The predicted octanol–water partition coefficient (Wildman–Crippen LogP) is 3.99. The maximum atomic E-state index is 13.5. The van der Waals surface area contributed by atoms with Gasteiger partial charge in [0.15, 0.2) is 0 Å². The van der Waals surface area contributed by atoms with Gasteiger partial charge in [-0.2, -0.15) is 13.2 Å². The summed E-state index contributed by atoms with van der Waals surface area (Å²) in [7, 11) is -3.28. The summed E-state index contributed by atoms with van der Waals surface area (Å²) in [4.78, 5) is 11.6. The minimum atomic E-state index is -4.72. The molecule has 0 amide bonds. The summed E-state index contributed by atoms with van der Waals surface area (Å²) >= 11 is 3.26. The fourth-order valence-electron chi connectivity index (χ4n) is 3.54. The molecule has 7 nitrogen and oxygen atoms in total. The highest BCUT2D eigenvalue weighted by Crippen LogP contribution is 2.41. The number of esters is 1. The average Bonchev–Trinajstić information content (AvgIpc) is 2.77. The van der Waals surface area contributed by atoms with Gasteiger partial charge in [0, 0.05) is 10.9 Å². The second kappa shape index (κ2) is 9.15. The molecule has 0 spiro atoms. The molecule has 1 aliphatic rings. The monoisotopic (exact) mass is 551 g/mol. The number of carbonyl (C=O) groups excluding carboxylic acids is 1. The van der Waals surface area contributed by atoms with Gasteiger partial charge in [-0.25, -0.2) is 8.42 Å². The van der Waals surface area contributed by atoms with Gasteiger partial charge in [0.1, 0.15) is 11.9 Å². The summed E-state index contributed by atoms with van der Waals surface area (Å²) in [5.41, 5.74) is -2.35. The Morgan fingerprint density at radius 1 is 1.27 bits per heavy atom. The van der Waals surface area contributed by atoms with Crippen LogP contribution in [0.2, 0.25) is 0 Å². The minimum Gasteiger partial charge on any atom is -0.486 e. The highest BCUT2D eigenvalue weighted by Gasteiger charge is 2.42. The molecule has 0 bridgehead atoms. The smallest absolute Gasteiger partial charge is 0.416 e. The van der Waals surface area contributed by atoms with E-state index in [2.05, 4.69) is 15.9 Å². The lowest BCUT2D eigenvalue weighted by Gasteiger charge is -2.38. The van der Waals surface area contributed by atoms with Gasteiger partial charge in [-0.3, -0.25) is 9.10 Å². The van der Waals surface area contributed by atoms with Crippen molar-refractivity contribution in [3.8, 4) is 5.75 Å². The van der Waals surface area contributed by atoms with Crippen LogP contribution >= 0.6 is 15.9 Å². The Morgan fingerprint density at radius 2 is 1.97 bits per heavy atom. The number of anilines is 1. The van der Waals surface area contributed by atoms with Crippen LogP contribution in [0.1, 0.15) is 18.9 Å². The molecule has 0 saturated carbocycles. The van der Waals surface area contributed by atoms with Gasteiger partial charge in [-0.1, -0.05) is 22.0 Å². The van der Waals surface area contributed by atoms with Crippen molar-refractivity contribution in [1.29, 1.82) is 0 Å². The summed E-state index contributed by atoms with van der Waals surface area (Å²) < 4.78 is 78.6. The molecule has 1 unspecified atom stereocenters. The van der Waals surface area contributed by atoms with Crippen LogP contribution in [0.5, 0.6) is 5.75 Å². The van der Waals surface area contributed by atoms with Crippen molar-refractivity contribution in [2.24, 2.45) is 5.41 Å². The normalized spacial score (nSPS) is 18.2. The number of fused-ring (bicyclic) bond motifs is 1. The second-order valence-corrected chi connectivity index (χ2v) is 10.6. The first-order chi connectivity index (χ1) is 15.3. The van der Waals surface area contributed by atoms with E-state index in [-0.39, 0.29) is 24.4 Å². The molecule has 0 fully saturated rings. The quantitative estimate of drug-likeness (QED) is 0.546. The molecule has 1 aliphatic heterocycles. The molecule has 180 valence electrons. The van der Waals surface area contributed by atoms with Gasteiger partial charge in [-0.15, -0.1) is 0 Å². The number of halogens is 4. The number of aliphatic hydroxyl groups excluding tert-OH is 1. The average molecular weight is 552 g/mol. The number of rotatable bonds is 6. The molecule has 0 aliphatic carbocycles. The van der Waals surface area contributed by atoms with Gasteiger partial charge >= 0.3 is 12.1 Å². The van der Waals surface area contributed by atoms with Gasteiger partial charge < -0.3 is 14.6 Å². The lowest BCUT2D eigenvalue weighted by molar-refractivity contribution is -0.156. The van der Waals surface area contributed by atoms with E-state index >= 15 is 0 Å². The maximum Gasteiger partial charge on any atom is 0.416 e. The van der Waals surface area contributed by atoms with E-state index in [9.17, 15) is 31.5 Å². The first-order valence-electron chi connectivity index (χ1n) is 9.67. The third-order valence-corrected chi connectivity index (χ3v) is 7.58. The van der Waals surface area contributed by atoms with Crippen LogP contribution in [0, 0.1) is 5.41 Å². The fraction of sp³-hybridized carbons (Fsp3) is 0.381. The lowest BCUT2D eigenvalue weighted by Crippen LogP contribution is -2.47. The van der Waals surface area contributed by atoms with Crippen molar-refractivity contribution in [2.45, 2.75) is 30.5 Å². The number of methoxy groups -OCH3 is 1. The van der Waals surface area contributed by atoms with Crippen LogP contribution in [0.4, 0.5) is 18.9 Å². The molecule has 0 aromatic heterocycles. The van der Waals surface area contributed by atoms with Crippen LogP contribution < -0.4 is 9.04 Å². The Bertz CT molecular complexity index is 1160. The van der Waals surface area contributed by atoms with Crippen molar-refractivity contribution < 1.29 is 41.0 Å². The molecule has 1 heterocycles. The standard InChI is InChI=1S/C21H21BrF3NO6S/c1-20(12-27,19(28)31-2)10-15-11-26(17-9-14(22)6-7-18(17)32-15)33(29,30)16-5-3-4-13(8-16)21(23,24)25/h3-9,15,27H,10-12H2,1-2H3/t15-,20?/m0/s1. The third kappa shape index (κ3) is 5.12. The van der Waals surface area contributed by atoms with E-state index in [0.29, 0.717) is 10.5 Å². The first-order valence-corrected chi connectivity index (χ1v) is 11.9. The number of nitrogens with zero attached hydrogens (tertiary/aromatic N) is 1. The van der Waals surface area contributed by atoms with Crippen molar-refractivity contribution in [3.63, 3.8) is 0 Å². The summed E-state index contributed by atoms with van der Waals surface area (Å²) in [6.07, 6.45) is -5.71. The van der Waals surface area contributed by atoms with Crippen LogP contribution in [-0.4, -0.2) is 45.9 Å². The summed E-state index contributed by atoms with van der Waals surface area (Å²) in [6, 6.07) is 8.06. The number of ether oxygens (including phenoxy) is 2. The highest BCUT2D eigenvalue weighted by molar-refractivity contribution is 9.10. The fourth-order valence-corrected chi connectivity index (χ4v) is 5.43. The van der Waals surface area contributed by atoms with E-state index in [1.165, 1.54) is 19.1 Å². The largest absolute Gasteiger partial charge is 0.486 e. The van der Waals surface area contributed by atoms with Gasteiger partial charge in [0.25, 0.3) is 10.0 Å². The number of benzene rings is 2. The molecule has 12 heteroatoms. The van der Waals surface area contributed by atoms with Crippen molar-refractivity contribution in [3.05, 3.63) is 52.5 Å². The van der Waals surface area contributed by atoms with Crippen molar-refractivity contribution in [2.75, 3.05) is 24.6 Å². The second-order valence-electron chi connectivity index (χ2n) is 7.83. The number of aliphatic hydroxyl groups is 1. The van der Waals surface area contributed by atoms with Crippen LogP contribution in [0.25, 0.3) is 0 Å². The summed E-state index contributed by atoms with van der Waals surface area (Å²) in [5, 5.41) is 9.76. The van der Waals surface area contributed by atoms with Crippen LogP contribution in [-0.2, 0) is 25.7 Å². The van der Waals surface area contributed by atoms with E-state index in [4.69, 9.17) is 9.47 Å². The van der Waals surface area contributed by atoms with Crippen molar-refractivity contribution >= 4 is 37.6 Å². The first kappa shape index (κ1) is 25.3. The minimum absolute atomic E-state index is 0.0969. The zero-order chi connectivity index (χ0) is 24.6. The Labute approximate surface area is 197 Å². The Kier molecular flexibility index (Phi) is 7.02. The predicted molar refractivity (Wildman–Crippen MR) is 116 cm³/mol. The molecule has 0 radical (unpaired) electrons. The Morgan fingerprint density at radius 3 is 2.58 bits per heavy atom. The zero-order valence-electron chi connectivity index (χ0n) is 17.6. The number of alkyl halides is 3. The molecule has 0 saturated heterocycles. The molecular formula is C21H21BrF3NO6S. The van der Waals surface area contributed by atoms with Gasteiger partial charge in [0.05, 0.1) is 41.8 Å². The Hall–Kier alpha value is -2.31. The number of hydrogen-bond acceptors (Lipinski definition) is 6. The van der Waals surface area contributed by atoms with E-state index in [1.54, 1.807) is 6.07 Å². The molecule has 3 rings (SSSR count). The number of hydrogen-bond donors (Lipinski definition) is 1. The summed E-state index contributed by atoms with van der Waals surface area (Å²) in [5.74, 6) is -0.544. The molecule has 2 aromatic rings. The molecule has 2 aromatic carbocycles. The topological polar surface area (TPSA) is 93.1 Å². The molecular weight excluding hydrogens is 531 g/mol. The lowest BCUT2D eigenvalue weighted by atomic mass is 9.85. The summed E-state index contributed by atoms with van der Waals surface area (Å²) in [6.45, 7) is 0.576. The number of carbonyl (C=O) groups is 1. The van der Waals surface area contributed by atoms with Crippen LogP contribution in [0.3, 0.4) is 0 Å². The highest BCUT2D eigenvalue weighted by atomic mass is 79.9. The van der Waals surface area contributed by atoms with Crippen molar-refractivity contribution in [1.82, 2.24) is 0 Å². The molecule has 2 atom stereocenters. The van der Waals surface area contributed by atoms with Gasteiger partial charge in [0.2, 0.25) is 0 Å². The SMILES string of the molecule is COC(=O)C(C)(CO)C[C@H]1CN(S(=O)(=O)c2cccc(C(F)(F)F)c2)c2cc(Br)ccc2O1. The maximum absolute atomic E-state index is 13.5. The Balaban J connectivity index is 2.06. The third-order valence-electron chi connectivity index (χ3n) is 5.31. The zero-order valence-corrected chi connectivity index (χ0v) is 20.0. The van der Waals surface area contributed by atoms with E-state index in [0.717, 1.165) is 29.6 Å². The number of sulfonamides is 1. The van der Waals surface area contributed by atoms with Crippen LogP contribution in [0.15, 0.2) is 51.8 Å². The molecule has 1 N–H and O–H groups in total. The van der Waals surface area contributed by atoms with E-state index < -0.39 is 50.8 Å². The van der Waals surface area contributed by atoms with Gasteiger partial charge in [-0.05, 0) is 43.3 Å². The molecule has 33 heavy (non-hydrogen) atoms.